The first-order valence-electron chi connectivity index (χ1n) is 9.88. The van der Waals surface area contributed by atoms with E-state index < -0.39 is 5.91 Å². The number of fused-ring (bicyclic) bond motifs is 2. The lowest BCUT2D eigenvalue weighted by molar-refractivity contribution is -0.112. The highest BCUT2D eigenvalue weighted by Crippen LogP contribution is 2.34. The number of nitrogens with zero attached hydrogens (tertiary/aromatic N) is 5. The molecule has 7 heteroatoms. The largest absolute Gasteiger partial charge is 0.366 e. The standard InChI is InChI=1S/C25H18N6O/c1-15(25(27)32)16-3-4-18-8-19(6-5-17(18)7-16)23-9-20(22-12-28-30(2)13-22)14-31-24(23)21(10-26)11-29-31/h3-9,11-14H,1H2,2H3,(H2,27,32). The smallest absolute Gasteiger partial charge is 0.248 e. The summed E-state index contributed by atoms with van der Waals surface area (Å²) in [4.78, 5) is 11.5. The molecular weight excluding hydrogens is 400 g/mol. The van der Waals surface area contributed by atoms with Crippen LogP contribution in [0.4, 0.5) is 0 Å². The van der Waals surface area contributed by atoms with Crippen molar-refractivity contribution in [3.8, 4) is 28.3 Å². The first-order valence-corrected chi connectivity index (χ1v) is 9.88. The molecule has 0 unspecified atom stereocenters. The lowest BCUT2D eigenvalue weighted by atomic mass is 9.96. The minimum atomic E-state index is -0.541. The third-order valence-electron chi connectivity index (χ3n) is 5.57. The van der Waals surface area contributed by atoms with E-state index in [1.165, 1.54) is 0 Å². The van der Waals surface area contributed by atoms with Gasteiger partial charge in [-0.1, -0.05) is 30.8 Å². The fraction of sp³-hybridized carbons (Fsp3) is 0.0400. The SMILES string of the molecule is C=C(C(N)=O)c1ccc2cc(-c3cc(-c4cnn(C)c4)cn4ncc(C#N)c34)ccc2c1. The first kappa shape index (κ1) is 19.3. The van der Waals surface area contributed by atoms with Crippen LogP contribution in [0.2, 0.25) is 0 Å². The van der Waals surface area contributed by atoms with Crippen molar-refractivity contribution in [1.29, 1.82) is 5.26 Å². The van der Waals surface area contributed by atoms with Gasteiger partial charge in [0.15, 0.2) is 0 Å². The summed E-state index contributed by atoms with van der Waals surface area (Å²) in [5.74, 6) is -0.541. The molecule has 3 aromatic heterocycles. The third kappa shape index (κ3) is 3.11. The second kappa shape index (κ2) is 7.22. The van der Waals surface area contributed by atoms with Gasteiger partial charge in [0.25, 0.3) is 0 Å². The molecular formula is C25H18N6O. The molecule has 3 heterocycles. The Morgan fingerprint density at radius 1 is 1.00 bits per heavy atom. The average Bonchev–Trinajstić information content (AvgIpc) is 3.43. The van der Waals surface area contributed by atoms with Gasteiger partial charge in [0.1, 0.15) is 6.07 Å². The fourth-order valence-electron chi connectivity index (χ4n) is 3.89. The Kier molecular flexibility index (Phi) is 4.35. The highest BCUT2D eigenvalue weighted by atomic mass is 16.1. The Morgan fingerprint density at radius 3 is 2.50 bits per heavy atom. The van der Waals surface area contributed by atoms with Crippen molar-refractivity contribution in [1.82, 2.24) is 19.4 Å². The molecule has 2 N–H and O–H groups in total. The number of primary amides is 1. The normalized spacial score (nSPS) is 11.0. The van der Waals surface area contributed by atoms with Gasteiger partial charge in [-0.25, -0.2) is 4.52 Å². The molecule has 0 aliphatic heterocycles. The summed E-state index contributed by atoms with van der Waals surface area (Å²) in [6, 6.07) is 16.0. The molecule has 0 aliphatic carbocycles. The summed E-state index contributed by atoms with van der Waals surface area (Å²) in [6.45, 7) is 3.76. The van der Waals surface area contributed by atoms with E-state index in [2.05, 4.69) is 35.0 Å². The zero-order valence-electron chi connectivity index (χ0n) is 17.3. The summed E-state index contributed by atoms with van der Waals surface area (Å²) in [6.07, 6.45) is 7.22. The van der Waals surface area contributed by atoms with E-state index in [1.54, 1.807) is 21.6 Å². The Hall–Kier alpha value is -4.70. The van der Waals surface area contributed by atoms with E-state index in [-0.39, 0.29) is 5.57 Å². The van der Waals surface area contributed by atoms with Crippen molar-refractivity contribution in [3.63, 3.8) is 0 Å². The third-order valence-corrected chi connectivity index (χ3v) is 5.57. The Bertz CT molecular complexity index is 1600. The highest BCUT2D eigenvalue weighted by molar-refractivity contribution is 6.18. The van der Waals surface area contributed by atoms with Crippen LogP contribution in [0, 0.1) is 11.3 Å². The van der Waals surface area contributed by atoms with Gasteiger partial charge >= 0.3 is 0 Å². The second-order valence-electron chi connectivity index (χ2n) is 7.63. The molecule has 1 amide bonds. The van der Waals surface area contributed by atoms with Crippen molar-refractivity contribution in [3.05, 3.63) is 85.0 Å². The van der Waals surface area contributed by atoms with E-state index in [1.807, 2.05) is 49.8 Å². The number of hydrogen-bond donors (Lipinski definition) is 1. The van der Waals surface area contributed by atoms with E-state index in [4.69, 9.17) is 5.73 Å². The zero-order chi connectivity index (χ0) is 22.4. The molecule has 0 atom stereocenters. The lowest BCUT2D eigenvalue weighted by Gasteiger charge is -2.10. The van der Waals surface area contributed by atoms with E-state index in [0.717, 1.165) is 38.5 Å². The summed E-state index contributed by atoms with van der Waals surface area (Å²) < 4.78 is 3.48. The second-order valence-corrected chi connectivity index (χ2v) is 7.63. The Balaban J connectivity index is 1.71. The van der Waals surface area contributed by atoms with Crippen LogP contribution < -0.4 is 5.73 Å². The molecule has 32 heavy (non-hydrogen) atoms. The zero-order valence-corrected chi connectivity index (χ0v) is 17.3. The number of carbonyl (C=O) groups excluding carboxylic acids is 1. The first-order chi connectivity index (χ1) is 15.4. The summed E-state index contributed by atoms with van der Waals surface area (Å²) in [5, 5.41) is 20.2. The quantitative estimate of drug-likeness (QED) is 0.447. The molecule has 0 saturated carbocycles. The van der Waals surface area contributed by atoms with Crippen LogP contribution >= 0.6 is 0 Å². The van der Waals surface area contributed by atoms with Crippen molar-refractivity contribution < 1.29 is 4.79 Å². The number of nitrogens with two attached hydrogens (primary N) is 1. The molecule has 0 aliphatic rings. The number of amides is 1. The number of carbonyl (C=O) groups is 1. The van der Waals surface area contributed by atoms with E-state index >= 15 is 0 Å². The van der Waals surface area contributed by atoms with Gasteiger partial charge in [-0.15, -0.1) is 0 Å². The number of aromatic nitrogens is 4. The molecule has 0 radical (unpaired) electrons. The van der Waals surface area contributed by atoms with Gasteiger partial charge in [0.05, 0.1) is 23.5 Å². The van der Waals surface area contributed by atoms with Crippen molar-refractivity contribution in [2.24, 2.45) is 12.8 Å². The van der Waals surface area contributed by atoms with Crippen molar-refractivity contribution in [2.75, 3.05) is 0 Å². The maximum absolute atomic E-state index is 11.5. The highest BCUT2D eigenvalue weighted by Gasteiger charge is 2.15. The maximum Gasteiger partial charge on any atom is 0.248 e. The predicted molar refractivity (Wildman–Crippen MR) is 123 cm³/mol. The van der Waals surface area contributed by atoms with Crippen LogP contribution in [0.3, 0.4) is 0 Å². The number of pyridine rings is 1. The number of nitriles is 1. The van der Waals surface area contributed by atoms with Gasteiger partial charge in [0.2, 0.25) is 5.91 Å². The molecule has 0 saturated heterocycles. The van der Waals surface area contributed by atoms with Gasteiger partial charge < -0.3 is 5.73 Å². The number of rotatable bonds is 4. The van der Waals surface area contributed by atoms with E-state index in [9.17, 15) is 10.1 Å². The topological polar surface area (TPSA) is 102 Å². The molecule has 0 bridgehead atoms. The van der Waals surface area contributed by atoms with Gasteiger partial charge in [-0.3, -0.25) is 9.48 Å². The maximum atomic E-state index is 11.5. The minimum absolute atomic E-state index is 0.278. The number of hydrogen-bond acceptors (Lipinski definition) is 4. The summed E-state index contributed by atoms with van der Waals surface area (Å²) in [7, 11) is 1.87. The summed E-state index contributed by atoms with van der Waals surface area (Å²) >= 11 is 0. The van der Waals surface area contributed by atoms with Crippen LogP contribution in [0.25, 0.3) is 44.1 Å². The number of aryl methyl sites for hydroxylation is 1. The molecule has 0 spiro atoms. The fourth-order valence-corrected chi connectivity index (χ4v) is 3.89. The minimum Gasteiger partial charge on any atom is -0.366 e. The molecule has 0 fully saturated rings. The predicted octanol–water partition coefficient (Wildman–Crippen LogP) is 3.93. The lowest BCUT2D eigenvalue weighted by Crippen LogP contribution is -2.11. The van der Waals surface area contributed by atoms with Gasteiger partial charge in [0, 0.05) is 41.7 Å². The van der Waals surface area contributed by atoms with Crippen molar-refractivity contribution >= 4 is 27.8 Å². The number of benzene rings is 2. The molecule has 7 nitrogen and oxygen atoms in total. The van der Waals surface area contributed by atoms with Crippen LogP contribution in [-0.2, 0) is 11.8 Å². The van der Waals surface area contributed by atoms with Crippen LogP contribution in [0.15, 0.2) is 73.8 Å². The van der Waals surface area contributed by atoms with Crippen LogP contribution in [0.5, 0.6) is 0 Å². The molecule has 154 valence electrons. The van der Waals surface area contributed by atoms with Gasteiger partial charge in [-0.05, 0) is 40.1 Å². The molecule has 5 rings (SSSR count). The van der Waals surface area contributed by atoms with Crippen LogP contribution in [0.1, 0.15) is 11.1 Å². The molecule has 5 aromatic rings. The van der Waals surface area contributed by atoms with Crippen LogP contribution in [-0.4, -0.2) is 25.3 Å². The Morgan fingerprint density at radius 2 is 1.78 bits per heavy atom. The summed E-state index contributed by atoms with van der Waals surface area (Å²) in [5.41, 5.74) is 11.3. The van der Waals surface area contributed by atoms with Crippen molar-refractivity contribution in [2.45, 2.75) is 0 Å². The monoisotopic (exact) mass is 418 g/mol. The Labute approximate surface area is 183 Å². The molecule has 2 aromatic carbocycles. The van der Waals surface area contributed by atoms with Gasteiger partial charge in [-0.2, -0.15) is 15.5 Å². The van der Waals surface area contributed by atoms with E-state index in [0.29, 0.717) is 11.1 Å². The average molecular weight is 418 g/mol.